The quantitative estimate of drug-likeness (QED) is 0.871. The molecule has 0 radical (unpaired) electrons. The summed E-state index contributed by atoms with van der Waals surface area (Å²) in [6.45, 7) is 6.37. The lowest BCUT2D eigenvalue weighted by molar-refractivity contribution is -0.121. The van der Waals surface area contributed by atoms with Crippen LogP contribution in [0.1, 0.15) is 43.7 Å². The standard InChI is InChI=1S/C16H24N2O/c1-12(2)14-5-3-13(4-6-14)11-16(19)18-15-7-9-17-10-8-15/h3-6,12,15,17H,7-11H2,1-2H3,(H,18,19). The molecule has 1 heterocycles. The highest BCUT2D eigenvalue weighted by atomic mass is 16.1. The van der Waals surface area contributed by atoms with E-state index in [2.05, 4.69) is 48.7 Å². The van der Waals surface area contributed by atoms with Crippen molar-refractivity contribution < 1.29 is 4.79 Å². The summed E-state index contributed by atoms with van der Waals surface area (Å²) < 4.78 is 0. The van der Waals surface area contributed by atoms with E-state index in [0.29, 0.717) is 18.4 Å². The Kier molecular flexibility index (Phi) is 4.97. The van der Waals surface area contributed by atoms with E-state index in [1.807, 2.05) is 0 Å². The van der Waals surface area contributed by atoms with Gasteiger partial charge in [0.2, 0.25) is 5.91 Å². The maximum absolute atomic E-state index is 12.0. The summed E-state index contributed by atoms with van der Waals surface area (Å²) in [5.74, 6) is 0.682. The average Bonchev–Trinajstić information content (AvgIpc) is 2.40. The zero-order valence-corrected chi connectivity index (χ0v) is 11.9. The third kappa shape index (κ3) is 4.35. The van der Waals surface area contributed by atoms with Gasteiger partial charge in [0.15, 0.2) is 0 Å². The molecule has 0 spiro atoms. The van der Waals surface area contributed by atoms with E-state index in [4.69, 9.17) is 0 Å². The minimum atomic E-state index is 0.143. The molecule has 104 valence electrons. The summed E-state index contributed by atoms with van der Waals surface area (Å²) in [5, 5.41) is 6.43. The number of hydrogen-bond acceptors (Lipinski definition) is 2. The van der Waals surface area contributed by atoms with Crippen LogP contribution in [0.15, 0.2) is 24.3 Å². The van der Waals surface area contributed by atoms with Crippen LogP contribution < -0.4 is 10.6 Å². The molecule has 0 bridgehead atoms. The van der Waals surface area contributed by atoms with Crippen LogP contribution in [0.4, 0.5) is 0 Å². The van der Waals surface area contributed by atoms with Crippen molar-refractivity contribution in [3.05, 3.63) is 35.4 Å². The van der Waals surface area contributed by atoms with Crippen molar-refractivity contribution in [2.45, 2.75) is 45.1 Å². The molecule has 1 fully saturated rings. The number of carbonyl (C=O) groups is 1. The third-order valence-corrected chi connectivity index (χ3v) is 3.72. The van der Waals surface area contributed by atoms with E-state index >= 15 is 0 Å². The van der Waals surface area contributed by atoms with Gasteiger partial charge in [0, 0.05) is 6.04 Å². The molecule has 19 heavy (non-hydrogen) atoms. The predicted octanol–water partition coefficient (Wildman–Crippen LogP) is 2.22. The molecular formula is C16H24N2O. The van der Waals surface area contributed by atoms with Crippen molar-refractivity contribution in [1.29, 1.82) is 0 Å². The summed E-state index contributed by atoms with van der Waals surface area (Å²) in [6, 6.07) is 8.73. The van der Waals surface area contributed by atoms with E-state index in [1.165, 1.54) is 5.56 Å². The maximum Gasteiger partial charge on any atom is 0.224 e. The van der Waals surface area contributed by atoms with Crippen LogP contribution in [-0.2, 0) is 11.2 Å². The first-order chi connectivity index (χ1) is 9.15. The fourth-order valence-corrected chi connectivity index (χ4v) is 2.45. The Morgan fingerprint density at radius 3 is 2.47 bits per heavy atom. The molecule has 3 nitrogen and oxygen atoms in total. The molecule has 1 aromatic carbocycles. The number of piperidine rings is 1. The fourth-order valence-electron chi connectivity index (χ4n) is 2.45. The minimum absolute atomic E-state index is 0.143. The minimum Gasteiger partial charge on any atom is -0.353 e. The monoisotopic (exact) mass is 260 g/mol. The Morgan fingerprint density at radius 2 is 1.89 bits per heavy atom. The number of nitrogens with one attached hydrogen (secondary N) is 2. The molecule has 0 unspecified atom stereocenters. The van der Waals surface area contributed by atoms with Crippen LogP contribution in [0.2, 0.25) is 0 Å². The fraction of sp³-hybridized carbons (Fsp3) is 0.562. The van der Waals surface area contributed by atoms with Gasteiger partial charge in [-0.2, -0.15) is 0 Å². The van der Waals surface area contributed by atoms with Gasteiger partial charge in [0.1, 0.15) is 0 Å². The van der Waals surface area contributed by atoms with Crippen molar-refractivity contribution >= 4 is 5.91 Å². The Balaban J connectivity index is 1.84. The molecule has 0 aliphatic carbocycles. The van der Waals surface area contributed by atoms with Crippen LogP contribution in [0, 0.1) is 0 Å². The Bertz CT molecular complexity index is 405. The molecule has 0 atom stereocenters. The molecule has 2 N–H and O–H groups in total. The molecule has 0 saturated carbocycles. The summed E-state index contributed by atoms with van der Waals surface area (Å²) >= 11 is 0. The van der Waals surface area contributed by atoms with Gasteiger partial charge in [-0.15, -0.1) is 0 Å². The van der Waals surface area contributed by atoms with Gasteiger partial charge in [-0.3, -0.25) is 4.79 Å². The molecule has 3 heteroatoms. The second-order valence-corrected chi connectivity index (χ2v) is 5.66. The van der Waals surface area contributed by atoms with Crippen LogP contribution in [-0.4, -0.2) is 25.0 Å². The highest BCUT2D eigenvalue weighted by Crippen LogP contribution is 2.15. The van der Waals surface area contributed by atoms with E-state index in [-0.39, 0.29) is 5.91 Å². The molecule has 0 aromatic heterocycles. The maximum atomic E-state index is 12.0. The van der Waals surface area contributed by atoms with Gasteiger partial charge in [-0.25, -0.2) is 0 Å². The van der Waals surface area contributed by atoms with Crippen LogP contribution in [0.25, 0.3) is 0 Å². The smallest absolute Gasteiger partial charge is 0.224 e. The van der Waals surface area contributed by atoms with Crippen LogP contribution in [0.3, 0.4) is 0 Å². The van der Waals surface area contributed by atoms with Crippen LogP contribution >= 0.6 is 0 Å². The number of rotatable bonds is 4. The normalized spacial score (nSPS) is 16.6. The SMILES string of the molecule is CC(C)c1ccc(CC(=O)NC2CCNCC2)cc1. The summed E-state index contributed by atoms with van der Waals surface area (Å²) in [5.41, 5.74) is 2.42. The summed E-state index contributed by atoms with van der Waals surface area (Å²) in [7, 11) is 0. The number of amides is 1. The number of hydrogen-bond donors (Lipinski definition) is 2. The molecule has 1 saturated heterocycles. The molecule has 1 aliphatic rings. The Hall–Kier alpha value is -1.35. The lowest BCUT2D eigenvalue weighted by Gasteiger charge is -2.23. The molecular weight excluding hydrogens is 236 g/mol. The zero-order valence-electron chi connectivity index (χ0n) is 11.9. The summed E-state index contributed by atoms with van der Waals surface area (Å²) in [6.07, 6.45) is 2.57. The van der Waals surface area contributed by atoms with Gasteiger partial charge in [0.25, 0.3) is 0 Å². The van der Waals surface area contributed by atoms with Gasteiger partial charge in [-0.1, -0.05) is 38.1 Å². The predicted molar refractivity (Wildman–Crippen MR) is 78.3 cm³/mol. The third-order valence-electron chi connectivity index (χ3n) is 3.72. The molecule has 1 amide bonds. The van der Waals surface area contributed by atoms with E-state index in [0.717, 1.165) is 31.5 Å². The van der Waals surface area contributed by atoms with Gasteiger partial charge in [-0.05, 0) is 43.0 Å². The average molecular weight is 260 g/mol. The van der Waals surface area contributed by atoms with E-state index < -0.39 is 0 Å². The lowest BCUT2D eigenvalue weighted by Crippen LogP contribution is -2.43. The molecule has 2 rings (SSSR count). The second-order valence-electron chi connectivity index (χ2n) is 5.66. The van der Waals surface area contributed by atoms with Crippen LogP contribution in [0.5, 0.6) is 0 Å². The van der Waals surface area contributed by atoms with Crippen molar-refractivity contribution in [1.82, 2.24) is 10.6 Å². The van der Waals surface area contributed by atoms with Gasteiger partial charge < -0.3 is 10.6 Å². The van der Waals surface area contributed by atoms with Gasteiger partial charge in [0.05, 0.1) is 6.42 Å². The van der Waals surface area contributed by atoms with E-state index in [1.54, 1.807) is 0 Å². The van der Waals surface area contributed by atoms with Crippen molar-refractivity contribution in [2.24, 2.45) is 0 Å². The molecule has 1 aliphatic heterocycles. The Morgan fingerprint density at radius 1 is 1.26 bits per heavy atom. The Labute approximate surface area is 115 Å². The lowest BCUT2D eigenvalue weighted by atomic mass is 10.0. The highest BCUT2D eigenvalue weighted by molar-refractivity contribution is 5.78. The van der Waals surface area contributed by atoms with Gasteiger partial charge >= 0.3 is 0 Å². The van der Waals surface area contributed by atoms with E-state index in [9.17, 15) is 4.79 Å². The first kappa shape index (κ1) is 14.1. The number of benzene rings is 1. The molecule has 1 aromatic rings. The zero-order chi connectivity index (χ0) is 13.7. The van der Waals surface area contributed by atoms with Crippen molar-refractivity contribution in [3.8, 4) is 0 Å². The highest BCUT2D eigenvalue weighted by Gasteiger charge is 2.15. The number of carbonyl (C=O) groups excluding carboxylic acids is 1. The summed E-state index contributed by atoms with van der Waals surface area (Å²) in [4.78, 5) is 12.0. The largest absolute Gasteiger partial charge is 0.353 e. The van der Waals surface area contributed by atoms with Crippen molar-refractivity contribution in [3.63, 3.8) is 0 Å². The first-order valence-electron chi connectivity index (χ1n) is 7.24. The first-order valence-corrected chi connectivity index (χ1v) is 7.24. The topological polar surface area (TPSA) is 41.1 Å². The van der Waals surface area contributed by atoms with Crippen molar-refractivity contribution in [2.75, 3.05) is 13.1 Å². The second kappa shape index (κ2) is 6.71.